The molecule has 32 heavy (non-hydrogen) atoms. The molecule has 168 valence electrons. The Morgan fingerprint density at radius 3 is 2.69 bits per heavy atom. The third-order valence-corrected chi connectivity index (χ3v) is 6.48. The standard InChI is InChI=1S/C23H25N3O4S2/c1-14-6-7-15(2)18(9-14)26-21(28)11-22-25-17(13-32-22)12-30-23(29)10-19(24-16(3)27)20-5-4-8-31-20/h4-9,13,19H,10-12H2,1-3H3,(H,24,27)(H,26,28). The van der Waals surface area contributed by atoms with Crippen LogP contribution in [-0.4, -0.2) is 22.8 Å². The van der Waals surface area contributed by atoms with Crippen LogP contribution in [0.1, 0.15) is 46.1 Å². The van der Waals surface area contributed by atoms with Crippen molar-refractivity contribution in [2.24, 2.45) is 0 Å². The SMILES string of the molecule is CC(=O)NC(CC(=O)OCc1csc(CC(=O)Nc2cc(C)ccc2C)n1)c1cccs1. The van der Waals surface area contributed by atoms with Gasteiger partial charge in [0.05, 0.1) is 24.6 Å². The van der Waals surface area contributed by atoms with E-state index in [0.29, 0.717) is 10.7 Å². The number of ether oxygens (including phenoxy) is 1. The van der Waals surface area contributed by atoms with Crippen molar-refractivity contribution in [1.29, 1.82) is 0 Å². The number of nitrogens with one attached hydrogen (secondary N) is 2. The van der Waals surface area contributed by atoms with Gasteiger partial charge in [-0.05, 0) is 42.5 Å². The first-order chi connectivity index (χ1) is 15.3. The Bertz CT molecular complexity index is 1090. The summed E-state index contributed by atoms with van der Waals surface area (Å²) in [6.07, 6.45) is 0.185. The Labute approximate surface area is 194 Å². The van der Waals surface area contributed by atoms with Crippen LogP contribution in [0.4, 0.5) is 5.69 Å². The Morgan fingerprint density at radius 1 is 1.16 bits per heavy atom. The van der Waals surface area contributed by atoms with Gasteiger partial charge in [0.1, 0.15) is 11.6 Å². The van der Waals surface area contributed by atoms with Gasteiger partial charge in [-0.2, -0.15) is 0 Å². The Hall–Kier alpha value is -3.04. The molecule has 3 aromatic rings. The van der Waals surface area contributed by atoms with Gasteiger partial charge in [-0.25, -0.2) is 4.98 Å². The number of nitrogens with zero attached hydrogens (tertiary/aromatic N) is 1. The van der Waals surface area contributed by atoms with Crippen molar-refractivity contribution in [2.45, 2.75) is 46.3 Å². The lowest BCUT2D eigenvalue weighted by Crippen LogP contribution is -2.28. The summed E-state index contributed by atoms with van der Waals surface area (Å²) in [7, 11) is 0. The van der Waals surface area contributed by atoms with E-state index in [9.17, 15) is 14.4 Å². The molecule has 0 bridgehead atoms. The number of hydrogen-bond acceptors (Lipinski definition) is 7. The largest absolute Gasteiger partial charge is 0.459 e. The maximum absolute atomic E-state index is 12.4. The van der Waals surface area contributed by atoms with Crippen molar-refractivity contribution in [2.75, 3.05) is 5.32 Å². The summed E-state index contributed by atoms with van der Waals surface area (Å²) in [6, 6.07) is 9.22. The summed E-state index contributed by atoms with van der Waals surface area (Å²) in [5.41, 5.74) is 3.45. The number of thiazole rings is 1. The van der Waals surface area contributed by atoms with Crippen LogP contribution in [0, 0.1) is 13.8 Å². The van der Waals surface area contributed by atoms with E-state index in [0.717, 1.165) is 21.7 Å². The molecule has 3 rings (SSSR count). The molecule has 1 unspecified atom stereocenters. The van der Waals surface area contributed by atoms with Crippen molar-refractivity contribution >= 4 is 46.1 Å². The fourth-order valence-electron chi connectivity index (χ4n) is 3.04. The zero-order valence-electron chi connectivity index (χ0n) is 18.1. The molecule has 2 N–H and O–H groups in total. The number of carbonyl (C=O) groups is 3. The van der Waals surface area contributed by atoms with Crippen LogP contribution in [0.2, 0.25) is 0 Å². The van der Waals surface area contributed by atoms with E-state index in [1.54, 1.807) is 5.38 Å². The minimum absolute atomic E-state index is 0.0190. The van der Waals surface area contributed by atoms with E-state index in [1.165, 1.54) is 29.6 Å². The van der Waals surface area contributed by atoms with Crippen molar-refractivity contribution < 1.29 is 19.1 Å². The van der Waals surface area contributed by atoms with Crippen LogP contribution >= 0.6 is 22.7 Å². The molecule has 0 aliphatic carbocycles. The zero-order valence-corrected chi connectivity index (χ0v) is 19.8. The summed E-state index contributed by atoms with van der Waals surface area (Å²) in [4.78, 5) is 41.4. The molecule has 1 atom stereocenters. The fourth-order valence-corrected chi connectivity index (χ4v) is 4.59. The number of amides is 2. The summed E-state index contributed by atoms with van der Waals surface area (Å²) in [5.74, 6) is -0.787. The minimum Gasteiger partial charge on any atom is -0.459 e. The predicted octanol–water partition coefficient (Wildman–Crippen LogP) is 4.31. The highest BCUT2D eigenvalue weighted by atomic mass is 32.1. The zero-order chi connectivity index (χ0) is 23.1. The third-order valence-electron chi connectivity index (χ3n) is 4.59. The molecule has 0 fully saturated rings. The molecule has 0 saturated carbocycles. The lowest BCUT2D eigenvalue weighted by molar-refractivity contribution is -0.145. The lowest BCUT2D eigenvalue weighted by Gasteiger charge is -2.15. The first kappa shape index (κ1) is 23.6. The van der Waals surface area contributed by atoms with E-state index >= 15 is 0 Å². The first-order valence-corrected chi connectivity index (χ1v) is 11.8. The quantitative estimate of drug-likeness (QED) is 0.453. The van der Waals surface area contributed by atoms with Gasteiger partial charge in [-0.3, -0.25) is 14.4 Å². The normalized spacial score (nSPS) is 11.6. The number of thiophene rings is 1. The van der Waals surface area contributed by atoms with Gasteiger partial charge in [0.25, 0.3) is 0 Å². The molecule has 2 amide bonds. The van der Waals surface area contributed by atoms with Gasteiger partial charge in [0.2, 0.25) is 11.8 Å². The second kappa shape index (κ2) is 11.0. The second-order valence-electron chi connectivity index (χ2n) is 7.41. The van der Waals surface area contributed by atoms with Gasteiger partial charge >= 0.3 is 5.97 Å². The van der Waals surface area contributed by atoms with E-state index in [2.05, 4.69) is 15.6 Å². The topological polar surface area (TPSA) is 97.4 Å². The van der Waals surface area contributed by atoms with Gasteiger partial charge in [0, 0.05) is 22.9 Å². The van der Waals surface area contributed by atoms with Crippen LogP contribution in [-0.2, 0) is 32.1 Å². The lowest BCUT2D eigenvalue weighted by atomic mass is 10.1. The highest BCUT2D eigenvalue weighted by Gasteiger charge is 2.19. The number of esters is 1. The van der Waals surface area contributed by atoms with Crippen molar-refractivity contribution in [1.82, 2.24) is 10.3 Å². The second-order valence-corrected chi connectivity index (χ2v) is 9.33. The number of hydrogen-bond donors (Lipinski definition) is 2. The monoisotopic (exact) mass is 471 g/mol. The van der Waals surface area contributed by atoms with Crippen LogP contribution in [0.3, 0.4) is 0 Å². The number of carbonyl (C=O) groups excluding carboxylic acids is 3. The molecule has 0 aliphatic rings. The van der Waals surface area contributed by atoms with Crippen LogP contribution in [0.15, 0.2) is 41.1 Å². The average molecular weight is 472 g/mol. The predicted molar refractivity (Wildman–Crippen MR) is 126 cm³/mol. The van der Waals surface area contributed by atoms with Crippen molar-refractivity contribution in [3.63, 3.8) is 0 Å². The Morgan fingerprint density at radius 2 is 1.97 bits per heavy atom. The molecule has 0 saturated heterocycles. The molecule has 0 aliphatic heterocycles. The van der Waals surface area contributed by atoms with Crippen LogP contribution in [0.25, 0.3) is 0 Å². The number of aryl methyl sites for hydroxylation is 2. The van der Waals surface area contributed by atoms with E-state index < -0.39 is 12.0 Å². The van der Waals surface area contributed by atoms with Gasteiger partial charge < -0.3 is 15.4 Å². The Balaban J connectivity index is 1.50. The van der Waals surface area contributed by atoms with Gasteiger partial charge in [-0.1, -0.05) is 18.2 Å². The van der Waals surface area contributed by atoms with Crippen molar-refractivity contribution in [3.8, 4) is 0 Å². The van der Waals surface area contributed by atoms with Gasteiger partial charge in [-0.15, -0.1) is 22.7 Å². The molecule has 0 radical (unpaired) electrons. The summed E-state index contributed by atoms with van der Waals surface area (Å²) in [6.45, 7) is 5.35. The van der Waals surface area contributed by atoms with E-state index in [4.69, 9.17) is 4.74 Å². The molecule has 9 heteroatoms. The number of aromatic nitrogens is 1. The molecule has 7 nitrogen and oxygen atoms in total. The van der Waals surface area contributed by atoms with Crippen molar-refractivity contribution in [3.05, 3.63) is 67.8 Å². The highest BCUT2D eigenvalue weighted by molar-refractivity contribution is 7.10. The average Bonchev–Trinajstić information content (AvgIpc) is 3.40. The smallest absolute Gasteiger partial charge is 0.308 e. The number of benzene rings is 1. The third kappa shape index (κ3) is 7.00. The van der Waals surface area contributed by atoms with E-state index in [-0.39, 0.29) is 31.3 Å². The molecule has 2 heterocycles. The summed E-state index contributed by atoms with van der Waals surface area (Å²) < 4.78 is 5.34. The molecule has 1 aromatic carbocycles. The summed E-state index contributed by atoms with van der Waals surface area (Å²) >= 11 is 2.82. The maximum atomic E-state index is 12.4. The fraction of sp³-hybridized carbons (Fsp3) is 0.304. The molecule has 2 aromatic heterocycles. The minimum atomic E-state index is -0.431. The van der Waals surface area contributed by atoms with Crippen LogP contribution < -0.4 is 10.6 Å². The Kier molecular flexibility index (Phi) is 8.13. The number of rotatable bonds is 9. The van der Waals surface area contributed by atoms with E-state index in [1.807, 2.05) is 49.6 Å². The van der Waals surface area contributed by atoms with Gasteiger partial charge in [0.15, 0.2) is 0 Å². The van der Waals surface area contributed by atoms with Crippen LogP contribution in [0.5, 0.6) is 0 Å². The maximum Gasteiger partial charge on any atom is 0.308 e. The molecular formula is C23H25N3O4S2. The highest BCUT2D eigenvalue weighted by Crippen LogP contribution is 2.23. The molecular weight excluding hydrogens is 446 g/mol. The summed E-state index contributed by atoms with van der Waals surface area (Å²) in [5, 5.41) is 10.0. The first-order valence-electron chi connectivity index (χ1n) is 10.1. The number of anilines is 1. The molecule has 0 spiro atoms.